The van der Waals surface area contributed by atoms with Crippen LogP contribution in [-0.2, 0) is 4.74 Å². The van der Waals surface area contributed by atoms with Crippen LogP contribution < -0.4 is 10.6 Å². The zero-order chi connectivity index (χ0) is 14.9. The average molecular weight is 292 g/mol. The molecule has 1 aromatic rings. The highest BCUT2D eigenvalue weighted by molar-refractivity contribution is 5.93. The van der Waals surface area contributed by atoms with Crippen molar-refractivity contribution >= 4 is 11.6 Å². The molecular formula is C15H24N4O2. The molecule has 21 heavy (non-hydrogen) atoms. The molecule has 0 saturated carbocycles. The number of nitrogens with one attached hydrogen (secondary N) is 2. The predicted molar refractivity (Wildman–Crippen MR) is 82.6 cm³/mol. The van der Waals surface area contributed by atoms with Crippen LogP contribution in [-0.4, -0.2) is 61.7 Å². The number of morpholine rings is 1. The highest BCUT2D eigenvalue weighted by Crippen LogP contribution is 2.07. The second-order valence-electron chi connectivity index (χ2n) is 5.07. The van der Waals surface area contributed by atoms with Gasteiger partial charge in [-0.1, -0.05) is 6.92 Å². The Morgan fingerprint density at radius 1 is 1.38 bits per heavy atom. The number of carbonyl (C=O) groups excluding carboxylic acids is 1. The van der Waals surface area contributed by atoms with Crippen molar-refractivity contribution in [3.8, 4) is 0 Å². The summed E-state index contributed by atoms with van der Waals surface area (Å²) in [6.07, 6.45) is 2.71. The summed E-state index contributed by atoms with van der Waals surface area (Å²) in [5, 5.41) is 6.17. The molecule has 1 fully saturated rings. The van der Waals surface area contributed by atoms with Gasteiger partial charge in [-0.3, -0.25) is 14.7 Å². The molecule has 2 rings (SSSR count). The number of anilines is 1. The van der Waals surface area contributed by atoms with Gasteiger partial charge in [0.2, 0.25) is 0 Å². The van der Waals surface area contributed by atoms with Crippen molar-refractivity contribution in [3.63, 3.8) is 0 Å². The molecule has 1 aromatic heterocycles. The van der Waals surface area contributed by atoms with E-state index in [4.69, 9.17) is 4.74 Å². The van der Waals surface area contributed by atoms with Gasteiger partial charge in [0.15, 0.2) is 0 Å². The molecule has 6 heteroatoms. The molecule has 0 unspecified atom stereocenters. The number of amides is 1. The SMILES string of the molecule is CCCNc1ccnc(C(=O)NCCN2CCOCC2)c1. The topological polar surface area (TPSA) is 66.5 Å². The number of nitrogens with zero attached hydrogens (tertiary/aromatic N) is 2. The molecule has 2 heterocycles. The molecule has 1 aliphatic rings. The van der Waals surface area contributed by atoms with Crippen LogP contribution in [0.15, 0.2) is 18.3 Å². The maximum atomic E-state index is 12.1. The van der Waals surface area contributed by atoms with Gasteiger partial charge in [-0.2, -0.15) is 0 Å². The summed E-state index contributed by atoms with van der Waals surface area (Å²) in [5.41, 5.74) is 1.39. The summed E-state index contributed by atoms with van der Waals surface area (Å²) >= 11 is 0. The molecule has 1 amide bonds. The van der Waals surface area contributed by atoms with Crippen molar-refractivity contribution in [3.05, 3.63) is 24.0 Å². The first-order valence-electron chi connectivity index (χ1n) is 7.58. The standard InChI is InChI=1S/C15H24N4O2/c1-2-4-16-13-3-5-17-14(12-13)15(20)18-6-7-19-8-10-21-11-9-19/h3,5,12H,2,4,6-11H2,1H3,(H,16,17)(H,18,20). The minimum Gasteiger partial charge on any atom is -0.385 e. The van der Waals surface area contributed by atoms with Gasteiger partial charge in [0, 0.05) is 44.6 Å². The van der Waals surface area contributed by atoms with Crippen molar-refractivity contribution < 1.29 is 9.53 Å². The fourth-order valence-electron chi connectivity index (χ4n) is 2.18. The summed E-state index contributed by atoms with van der Waals surface area (Å²) in [4.78, 5) is 18.5. The number of ether oxygens (including phenoxy) is 1. The maximum absolute atomic E-state index is 12.1. The zero-order valence-electron chi connectivity index (χ0n) is 12.6. The van der Waals surface area contributed by atoms with E-state index in [1.165, 1.54) is 0 Å². The van der Waals surface area contributed by atoms with Crippen LogP contribution in [0.1, 0.15) is 23.8 Å². The molecule has 0 bridgehead atoms. The Balaban J connectivity index is 1.76. The number of rotatable bonds is 7. The average Bonchev–Trinajstić information content (AvgIpc) is 2.54. The quantitative estimate of drug-likeness (QED) is 0.784. The van der Waals surface area contributed by atoms with Crippen molar-refractivity contribution in [2.24, 2.45) is 0 Å². The van der Waals surface area contributed by atoms with Crippen LogP contribution in [0.4, 0.5) is 5.69 Å². The summed E-state index contributed by atoms with van der Waals surface area (Å²) < 4.78 is 5.30. The Morgan fingerprint density at radius 3 is 2.95 bits per heavy atom. The highest BCUT2D eigenvalue weighted by Gasteiger charge is 2.11. The third-order valence-electron chi connectivity index (χ3n) is 3.39. The van der Waals surface area contributed by atoms with E-state index >= 15 is 0 Å². The van der Waals surface area contributed by atoms with E-state index in [2.05, 4.69) is 27.4 Å². The molecule has 1 saturated heterocycles. The van der Waals surface area contributed by atoms with E-state index in [1.54, 1.807) is 12.3 Å². The van der Waals surface area contributed by atoms with E-state index in [9.17, 15) is 4.79 Å². The van der Waals surface area contributed by atoms with Crippen LogP contribution in [0.3, 0.4) is 0 Å². The van der Waals surface area contributed by atoms with Gasteiger partial charge in [-0.25, -0.2) is 0 Å². The smallest absolute Gasteiger partial charge is 0.269 e. The van der Waals surface area contributed by atoms with Gasteiger partial charge in [-0.05, 0) is 18.6 Å². The maximum Gasteiger partial charge on any atom is 0.269 e. The molecular weight excluding hydrogens is 268 g/mol. The van der Waals surface area contributed by atoms with E-state index in [0.717, 1.165) is 51.5 Å². The Hall–Kier alpha value is -1.66. The number of hydrogen-bond donors (Lipinski definition) is 2. The highest BCUT2D eigenvalue weighted by atomic mass is 16.5. The lowest BCUT2D eigenvalue weighted by atomic mass is 10.3. The molecule has 0 aromatic carbocycles. The fourth-order valence-corrected chi connectivity index (χ4v) is 2.18. The zero-order valence-corrected chi connectivity index (χ0v) is 12.6. The third-order valence-corrected chi connectivity index (χ3v) is 3.39. The summed E-state index contributed by atoms with van der Waals surface area (Å²) in [6, 6.07) is 3.67. The first kappa shape index (κ1) is 15.7. The van der Waals surface area contributed by atoms with Gasteiger partial charge in [0.25, 0.3) is 5.91 Å². The van der Waals surface area contributed by atoms with Crippen LogP contribution in [0.5, 0.6) is 0 Å². The fraction of sp³-hybridized carbons (Fsp3) is 0.600. The van der Waals surface area contributed by atoms with E-state index < -0.39 is 0 Å². The predicted octanol–water partition coefficient (Wildman–Crippen LogP) is 0.966. The third kappa shape index (κ3) is 5.32. The minimum absolute atomic E-state index is 0.122. The lowest BCUT2D eigenvalue weighted by molar-refractivity contribution is 0.0383. The van der Waals surface area contributed by atoms with Crippen LogP contribution in [0, 0.1) is 0 Å². The Labute approximate surface area is 125 Å². The Bertz CT molecular complexity index is 447. The van der Waals surface area contributed by atoms with Gasteiger partial charge < -0.3 is 15.4 Å². The number of pyridine rings is 1. The molecule has 1 aliphatic heterocycles. The summed E-state index contributed by atoms with van der Waals surface area (Å²) in [5.74, 6) is -0.122. The number of aromatic nitrogens is 1. The normalized spacial score (nSPS) is 15.7. The Kier molecular flexibility index (Phi) is 6.43. The van der Waals surface area contributed by atoms with E-state index in [-0.39, 0.29) is 5.91 Å². The van der Waals surface area contributed by atoms with Crippen molar-refractivity contribution in [2.75, 3.05) is 51.3 Å². The first-order valence-corrected chi connectivity index (χ1v) is 7.58. The van der Waals surface area contributed by atoms with Gasteiger partial charge >= 0.3 is 0 Å². The van der Waals surface area contributed by atoms with E-state index in [1.807, 2.05) is 6.07 Å². The van der Waals surface area contributed by atoms with Crippen LogP contribution in [0.25, 0.3) is 0 Å². The lowest BCUT2D eigenvalue weighted by Gasteiger charge is -2.26. The van der Waals surface area contributed by atoms with Gasteiger partial charge in [0.05, 0.1) is 13.2 Å². The number of carbonyl (C=O) groups is 1. The first-order chi connectivity index (χ1) is 10.3. The molecule has 0 aliphatic carbocycles. The largest absolute Gasteiger partial charge is 0.385 e. The van der Waals surface area contributed by atoms with E-state index in [0.29, 0.717) is 12.2 Å². The summed E-state index contributed by atoms with van der Waals surface area (Å²) in [7, 11) is 0. The molecule has 0 atom stereocenters. The van der Waals surface area contributed by atoms with Crippen LogP contribution >= 0.6 is 0 Å². The van der Waals surface area contributed by atoms with Crippen molar-refractivity contribution in [1.29, 1.82) is 0 Å². The van der Waals surface area contributed by atoms with Gasteiger partial charge in [-0.15, -0.1) is 0 Å². The molecule has 0 radical (unpaired) electrons. The van der Waals surface area contributed by atoms with Crippen molar-refractivity contribution in [1.82, 2.24) is 15.2 Å². The number of hydrogen-bond acceptors (Lipinski definition) is 5. The summed E-state index contributed by atoms with van der Waals surface area (Å²) in [6.45, 7) is 7.90. The molecule has 116 valence electrons. The monoisotopic (exact) mass is 292 g/mol. The lowest BCUT2D eigenvalue weighted by Crippen LogP contribution is -2.41. The van der Waals surface area contributed by atoms with Crippen LogP contribution in [0.2, 0.25) is 0 Å². The van der Waals surface area contributed by atoms with Crippen molar-refractivity contribution in [2.45, 2.75) is 13.3 Å². The molecule has 6 nitrogen and oxygen atoms in total. The minimum atomic E-state index is -0.122. The molecule has 0 spiro atoms. The second-order valence-corrected chi connectivity index (χ2v) is 5.07. The second kappa shape index (κ2) is 8.59. The van der Waals surface area contributed by atoms with Gasteiger partial charge in [0.1, 0.15) is 5.69 Å². The molecule has 2 N–H and O–H groups in total. The Morgan fingerprint density at radius 2 is 2.19 bits per heavy atom.